The van der Waals surface area contributed by atoms with Gasteiger partial charge in [-0.3, -0.25) is 9.59 Å². The summed E-state index contributed by atoms with van der Waals surface area (Å²) in [5, 5.41) is 2.79. The van der Waals surface area contributed by atoms with Crippen LogP contribution in [0.2, 0.25) is 0 Å². The fraction of sp³-hybridized carbons (Fsp3) is 0.606. The largest absolute Gasteiger partial charge is 0.456 e. The van der Waals surface area contributed by atoms with Crippen molar-refractivity contribution in [3.05, 3.63) is 69.1 Å². The first-order valence-electron chi connectivity index (χ1n) is 15.4. The molecule has 1 saturated heterocycles. The quantitative estimate of drug-likeness (QED) is 0.462. The lowest BCUT2D eigenvalue weighted by Crippen LogP contribution is -2.53. The molecule has 1 aromatic heterocycles. The molecular formula is C33H44N2O6. The van der Waals surface area contributed by atoms with Gasteiger partial charge in [0.05, 0.1) is 13.2 Å². The molecule has 8 heteroatoms. The zero-order chi connectivity index (χ0) is 28.8. The first-order chi connectivity index (χ1) is 19.8. The van der Waals surface area contributed by atoms with Crippen LogP contribution in [0, 0.1) is 5.92 Å². The number of nitrogens with one attached hydrogen (secondary N) is 1. The molecule has 41 heavy (non-hydrogen) atoms. The van der Waals surface area contributed by atoms with Gasteiger partial charge in [0, 0.05) is 17.8 Å². The van der Waals surface area contributed by atoms with E-state index in [1.807, 2.05) is 34.9 Å². The number of nitrogens with zero attached hydrogens (tertiary/aromatic N) is 1. The van der Waals surface area contributed by atoms with E-state index >= 15 is 0 Å². The van der Waals surface area contributed by atoms with Crippen molar-refractivity contribution in [2.75, 3.05) is 13.2 Å². The second kappa shape index (κ2) is 13.3. The lowest BCUT2D eigenvalue weighted by Gasteiger charge is -2.32. The number of carbonyl (C=O) groups excluding carboxylic acids is 2. The maximum absolute atomic E-state index is 13.8. The van der Waals surface area contributed by atoms with Gasteiger partial charge in [-0.2, -0.15) is 0 Å². The maximum atomic E-state index is 13.8. The summed E-state index contributed by atoms with van der Waals surface area (Å²) in [4.78, 5) is 40.6. The summed E-state index contributed by atoms with van der Waals surface area (Å²) in [6.07, 6.45) is 10.9. The normalized spacial score (nSPS) is 22.2. The fourth-order valence-electron chi connectivity index (χ4n) is 6.27. The van der Waals surface area contributed by atoms with Gasteiger partial charge < -0.3 is 24.1 Å². The minimum absolute atomic E-state index is 0.107. The van der Waals surface area contributed by atoms with E-state index in [9.17, 15) is 14.4 Å². The first-order valence-corrected chi connectivity index (χ1v) is 15.4. The minimum atomic E-state index is -1.35. The Kier molecular flexibility index (Phi) is 9.60. The molecule has 8 nitrogen and oxygen atoms in total. The standard InChI is InChI=1S/C33H44N2O6/c1-33(2,32(38)41-26-21-39-31(40-22-26)24-15-10-6-11-16-24)34-29(36)27-19-25-17-9-3-4-12-18-28(25)35(30(27)37)20-23-13-7-5-8-14-23/h6,10-11,15-16,19,23,26,31H,3-5,7-9,12-14,17-18,20-22H2,1-2H3,(H,34,36). The molecule has 0 bridgehead atoms. The number of aryl methyl sites for hydroxylation is 1. The number of hydrogen-bond donors (Lipinski definition) is 1. The van der Waals surface area contributed by atoms with Crippen LogP contribution in [-0.2, 0) is 38.4 Å². The number of fused-ring (bicyclic) bond motifs is 1. The average molecular weight is 565 g/mol. The Balaban J connectivity index is 1.28. The van der Waals surface area contributed by atoms with E-state index in [0.29, 0.717) is 12.5 Å². The van der Waals surface area contributed by atoms with Gasteiger partial charge in [0.15, 0.2) is 6.29 Å². The number of carbonyl (C=O) groups is 2. The molecule has 1 N–H and O–H groups in total. The van der Waals surface area contributed by atoms with E-state index in [0.717, 1.165) is 61.8 Å². The number of esters is 1. The van der Waals surface area contributed by atoms with Crippen LogP contribution in [0.4, 0.5) is 0 Å². The lowest BCUT2D eigenvalue weighted by molar-refractivity contribution is -0.231. The van der Waals surface area contributed by atoms with E-state index in [-0.39, 0.29) is 24.3 Å². The average Bonchev–Trinajstić information content (AvgIpc) is 2.96. The predicted molar refractivity (Wildman–Crippen MR) is 156 cm³/mol. The zero-order valence-electron chi connectivity index (χ0n) is 24.5. The van der Waals surface area contributed by atoms with Crippen LogP contribution in [0.3, 0.4) is 0 Å². The van der Waals surface area contributed by atoms with Crippen LogP contribution in [0.25, 0.3) is 0 Å². The number of amides is 1. The topological polar surface area (TPSA) is 95.9 Å². The third kappa shape index (κ3) is 7.28. The van der Waals surface area contributed by atoms with Gasteiger partial charge in [0.25, 0.3) is 11.5 Å². The van der Waals surface area contributed by atoms with Crippen molar-refractivity contribution < 1.29 is 23.8 Å². The minimum Gasteiger partial charge on any atom is -0.456 e. The lowest BCUT2D eigenvalue weighted by atomic mass is 9.88. The molecule has 2 aromatic rings. The smallest absolute Gasteiger partial charge is 0.331 e. The van der Waals surface area contributed by atoms with E-state index in [1.165, 1.54) is 25.7 Å². The third-order valence-corrected chi connectivity index (χ3v) is 8.66. The van der Waals surface area contributed by atoms with Crippen molar-refractivity contribution in [3.8, 4) is 0 Å². The molecule has 2 heterocycles. The van der Waals surface area contributed by atoms with Crippen molar-refractivity contribution in [2.24, 2.45) is 5.92 Å². The Hall–Kier alpha value is -2.97. The third-order valence-electron chi connectivity index (χ3n) is 8.66. The first kappa shape index (κ1) is 29.5. The molecule has 0 radical (unpaired) electrons. The second-order valence-electron chi connectivity index (χ2n) is 12.4. The highest BCUT2D eigenvalue weighted by molar-refractivity contribution is 5.97. The Labute approximate surface area is 242 Å². The molecular weight excluding hydrogens is 520 g/mol. The van der Waals surface area contributed by atoms with E-state index in [4.69, 9.17) is 14.2 Å². The Morgan fingerprint density at radius 2 is 1.61 bits per heavy atom. The predicted octanol–water partition coefficient (Wildman–Crippen LogP) is 5.25. The molecule has 1 aliphatic heterocycles. The Morgan fingerprint density at radius 3 is 2.32 bits per heavy atom. The van der Waals surface area contributed by atoms with Crippen molar-refractivity contribution in [1.82, 2.24) is 9.88 Å². The number of ether oxygens (including phenoxy) is 3. The summed E-state index contributed by atoms with van der Waals surface area (Å²) in [5.74, 6) is -0.684. The van der Waals surface area contributed by atoms with Gasteiger partial charge in [-0.25, -0.2) is 4.79 Å². The summed E-state index contributed by atoms with van der Waals surface area (Å²) in [6, 6.07) is 11.4. The van der Waals surface area contributed by atoms with Gasteiger partial charge >= 0.3 is 5.97 Å². The zero-order valence-corrected chi connectivity index (χ0v) is 24.5. The molecule has 1 saturated carbocycles. The van der Waals surface area contributed by atoms with Gasteiger partial charge in [0.2, 0.25) is 0 Å². The number of benzene rings is 1. The highest BCUT2D eigenvalue weighted by Gasteiger charge is 2.36. The van der Waals surface area contributed by atoms with Gasteiger partial charge in [-0.05, 0) is 69.9 Å². The molecule has 222 valence electrons. The summed E-state index contributed by atoms with van der Waals surface area (Å²) in [5.41, 5.74) is 1.60. The summed E-state index contributed by atoms with van der Waals surface area (Å²) in [6.45, 7) is 4.23. The van der Waals surface area contributed by atoms with Crippen LogP contribution < -0.4 is 10.9 Å². The fourth-order valence-corrected chi connectivity index (χ4v) is 6.27. The number of rotatable bonds is 7. The highest BCUT2D eigenvalue weighted by atomic mass is 16.7. The molecule has 1 aromatic carbocycles. The Morgan fingerprint density at radius 1 is 0.951 bits per heavy atom. The number of hydrogen-bond acceptors (Lipinski definition) is 6. The van der Waals surface area contributed by atoms with Crippen LogP contribution in [0.5, 0.6) is 0 Å². The number of pyridine rings is 1. The Bertz CT molecular complexity index is 1260. The van der Waals surface area contributed by atoms with E-state index in [2.05, 4.69) is 5.32 Å². The highest BCUT2D eigenvalue weighted by Crippen LogP contribution is 2.28. The van der Waals surface area contributed by atoms with E-state index < -0.39 is 29.8 Å². The maximum Gasteiger partial charge on any atom is 0.331 e. The SMILES string of the molecule is CC(C)(NC(=O)c1cc2c(n(CC3CCCCC3)c1=O)CCCCCC2)C(=O)OC1COC(c2ccccc2)OC1. The molecule has 5 rings (SSSR count). The van der Waals surface area contributed by atoms with Crippen LogP contribution in [0.15, 0.2) is 41.2 Å². The van der Waals surface area contributed by atoms with Gasteiger partial charge in [-0.15, -0.1) is 0 Å². The monoisotopic (exact) mass is 564 g/mol. The van der Waals surface area contributed by atoms with Gasteiger partial charge in [0.1, 0.15) is 17.2 Å². The van der Waals surface area contributed by atoms with Crippen molar-refractivity contribution in [3.63, 3.8) is 0 Å². The molecule has 2 aliphatic carbocycles. The van der Waals surface area contributed by atoms with Crippen LogP contribution in [0.1, 0.15) is 105 Å². The van der Waals surface area contributed by atoms with Crippen LogP contribution in [-0.4, -0.2) is 41.3 Å². The second-order valence-corrected chi connectivity index (χ2v) is 12.4. The van der Waals surface area contributed by atoms with Crippen LogP contribution >= 0.6 is 0 Å². The molecule has 0 unspecified atom stereocenters. The number of aromatic nitrogens is 1. The molecule has 0 spiro atoms. The molecule has 0 atom stereocenters. The summed E-state index contributed by atoms with van der Waals surface area (Å²) in [7, 11) is 0. The van der Waals surface area contributed by atoms with E-state index in [1.54, 1.807) is 19.9 Å². The van der Waals surface area contributed by atoms with Gasteiger partial charge in [-0.1, -0.05) is 62.4 Å². The molecule has 3 aliphatic rings. The van der Waals surface area contributed by atoms with Crippen molar-refractivity contribution in [1.29, 1.82) is 0 Å². The molecule has 1 amide bonds. The van der Waals surface area contributed by atoms with Crippen molar-refractivity contribution >= 4 is 11.9 Å². The van der Waals surface area contributed by atoms with Crippen molar-refractivity contribution in [2.45, 2.75) is 109 Å². The summed E-state index contributed by atoms with van der Waals surface area (Å²) < 4.78 is 19.1. The molecule has 2 fully saturated rings. The summed E-state index contributed by atoms with van der Waals surface area (Å²) >= 11 is 0.